The Bertz CT molecular complexity index is 969. The lowest BCUT2D eigenvalue weighted by molar-refractivity contribution is -0.134. The maximum atomic E-state index is 13.1. The minimum atomic E-state index is 0.00834. The molecule has 1 heterocycles. The van der Waals surface area contributed by atoms with Gasteiger partial charge in [0.15, 0.2) is 0 Å². The van der Waals surface area contributed by atoms with Crippen molar-refractivity contribution in [3.05, 3.63) is 77.9 Å². The Labute approximate surface area is 166 Å². The molecule has 28 heavy (non-hydrogen) atoms. The highest BCUT2D eigenvalue weighted by Gasteiger charge is 2.29. The zero-order valence-corrected chi connectivity index (χ0v) is 16.2. The molecule has 1 aliphatic heterocycles. The van der Waals surface area contributed by atoms with Crippen LogP contribution in [0.25, 0.3) is 10.8 Å². The number of aryl methyl sites for hydroxylation is 1. The summed E-state index contributed by atoms with van der Waals surface area (Å²) in [6, 6.07) is 22.8. The van der Waals surface area contributed by atoms with Gasteiger partial charge >= 0.3 is 0 Å². The van der Waals surface area contributed by atoms with Gasteiger partial charge in [0.05, 0.1) is 13.2 Å². The number of hydrogen-bond donors (Lipinski definition) is 1. The van der Waals surface area contributed by atoms with Crippen molar-refractivity contribution in [2.24, 2.45) is 0 Å². The van der Waals surface area contributed by atoms with E-state index in [9.17, 15) is 4.79 Å². The van der Waals surface area contributed by atoms with E-state index in [2.05, 4.69) is 47.8 Å². The molecule has 3 aromatic rings. The number of carbonyl (C=O) groups is 1. The summed E-state index contributed by atoms with van der Waals surface area (Å²) in [5, 5.41) is 5.87. The molecule has 0 aromatic heterocycles. The number of rotatable bonds is 5. The Morgan fingerprint density at radius 2 is 1.86 bits per heavy atom. The summed E-state index contributed by atoms with van der Waals surface area (Å²) in [5.41, 5.74) is 2.27. The number of benzene rings is 3. The standard InChI is InChI=1S/C24H26N2O2/c1-28-23-9-5-4-8-21(23)22-17-25-14-15-26(22)24(27)13-11-18-10-12-19-6-2-3-7-20(19)16-18/h2-10,12,16,22,25H,11,13-15,17H2,1H3. The largest absolute Gasteiger partial charge is 0.496 e. The lowest BCUT2D eigenvalue weighted by Crippen LogP contribution is -2.48. The first-order chi connectivity index (χ1) is 13.8. The van der Waals surface area contributed by atoms with Gasteiger partial charge in [0.25, 0.3) is 0 Å². The van der Waals surface area contributed by atoms with Crippen LogP contribution in [0.2, 0.25) is 0 Å². The van der Waals surface area contributed by atoms with E-state index in [-0.39, 0.29) is 11.9 Å². The van der Waals surface area contributed by atoms with Gasteiger partial charge in [-0.05, 0) is 28.8 Å². The van der Waals surface area contributed by atoms with Gasteiger partial charge in [0.2, 0.25) is 5.91 Å². The Kier molecular flexibility index (Phi) is 5.58. The van der Waals surface area contributed by atoms with Gasteiger partial charge < -0.3 is 15.0 Å². The summed E-state index contributed by atoms with van der Waals surface area (Å²) < 4.78 is 5.53. The SMILES string of the molecule is COc1ccccc1C1CNCCN1C(=O)CCc1ccc2ccccc2c1. The summed E-state index contributed by atoms with van der Waals surface area (Å²) in [6.07, 6.45) is 1.27. The highest BCUT2D eigenvalue weighted by atomic mass is 16.5. The molecule has 1 unspecified atom stereocenters. The highest BCUT2D eigenvalue weighted by molar-refractivity contribution is 5.83. The molecular formula is C24H26N2O2. The fraction of sp³-hybridized carbons (Fsp3) is 0.292. The van der Waals surface area contributed by atoms with Gasteiger partial charge in [0.1, 0.15) is 5.75 Å². The number of carbonyl (C=O) groups excluding carboxylic acids is 1. The molecule has 144 valence electrons. The van der Waals surface area contributed by atoms with Crippen LogP contribution in [0, 0.1) is 0 Å². The minimum Gasteiger partial charge on any atom is -0.496 e. The van der Waals surface area contributed by atoms with Gasteiger partial charge in [-0.25, -0.2) is 0 Å². The Hall–Kier alpha value is -2.85. The number of ether oxygens (including phenoxy) is 1. The van der Waals surface area contributed by atoms with Crippen molar-refractivity contribution in [1.82, 2.24) is 10.2 Å². The molecule has 1 N–H and O–H groups in total. The Balaban J connectivity index is 1.48. The normalized spacial score (nSPS) is 16.9. The molecule has 4 heteroatoms. The molecule has 0 saturated carbocycles. The van der Waals surface area contributed by atoms with E-state index in [0.717, 1.165) is 37.4 Å². The minimum absolute atomic E-state index is 0.00834. The van der Waals surface area contributed by atoms with Gasteiger partial charge in [-0.1, -0.05) is 60.7 Å². The van der Waals surface area contributed by atoms with Crippen LogP contribution in [-0.2, 0) is 11.2 Å². The van der Waals surface area contributed by atoms with Crippen LogP contribution >= 0.6 is 0 Å². The predicted molar refractivity (Wildman–Crippen MR) is 113 cm³/mol. The van der Waals surface area contributed by atoms with E-state index in [1.165, 1.54) is 16.3 Å². The average Bonchev–Trinajstić information content (AvgIpc) is 2.77. The number of piperazine rings is 1. The van der Waals surface area contributed by atoms with Crippen molar-refractivity contribution < 1.29 is 9.53 Å². The van der Waals surface area contributed by atoms with E-state index in [1.807, 2.05) is 29.2 Å². The Morgan fingerprint density at radius 1 is 1.07 bits per heavy atom. The number of nitrogens with zero attached hydrogens (tertiary/aromatic N) is 1. The smallest absolute Gasteiger partial charge is 0.223 e. The number of para-hydroxylation sites is 1. The third-order valence-electron chi connectivity index (χ3n) is 5.50. The third kappa shape index (κ3) is 3.87. The van der Waals surface area contributed by atoms with E-state index < -0.39 is 0 Å². The van der Waals surface area contributed by atoms with Crippen LogP contribution < -0.4 is 10.1 Å². The molecule has 4 nitrogen and oxygen atoms in total. The lowest BCUT2D eigenvalue weighted by Gasteiger charge is -2.37. The summed E-state index contributed by atoms with van der Waals surface area (Å²) in [4.78, 5) is 15.1. The Morgan fingerprint density at radius 3 is 2.71 bits per heavy atom. The third-order valence-corrected chi connectivity index (χ3v) is 5.50. The van der Waals surface area contributed by atoms with Crippen molar-refractivity contribution in [2.45, 2.75) is 18.9 Å². The fourth-order valence-electron chi connectivity index (χ4n) is 4.01. The van der Waals surface area contributed by atoms with E-state index in [0.29, 0.717) is 6.42 Å². The first-order valence-corrected chi connectivity index (χ1v) is 9.87. The van der Waals surface area contributed by atoms with E-state index in [1.54, 1.807) is 7.11 Å². The second-order valence-electron chi connectivity index (χ2n) is 7.23. The second kappa shape index (κ2) is 8.44. The average molecular weight is 374 g/mol. The second-order valence-corrected chi connectivity index (χ2v) is 7.23. The zero-order valence-electron chi connectivity index (χ0n) is 16.2. The van der Waals surface area contributed by atoms with Gasteiger partial charge in [-0.2, -0.15) is 0 Å². The monoisotopic (exact) mass is 374 g/mol. The first kappa shape index (κ1) is 18.5. The molecular weight excluding hydrogens is 348 g/mol. The summed E-state index contributed by atoms with van der Waals surface area (Å²) >= 11 is 0. The topological polar surface area (TPSA) is 41.6 Å². The maximum Gasteiger partial charge on any atom is 0.223 e. The summed E-state index contributed by atoms with van der Waals surface area (Å²) in [7, 11) is 1.68. The van der Waals surface area contributed by atoms with Crippen molar-refractivity contribution >= 4 is 16.7 Å². The van der Waals surface area contributed by atoms with E-state index in [4.69, 9.17) is 4.74 Å². The van der Waals surface area contributed by atoms with Crippen LogP contribution in [0.4, 0.5) is 0 Å². The van der Waals surface area contributed by atoms with Crippen LogP contribution in [0.5, 0.6) is 5.75 Å². The molecule has 4 rings (SSSR count). The summed E-state index contributed by atoms with van der Waals surface area (Å²) in [5.74, 6) is 1.04. The van der Waals surface area contributed by atoms with E-state index >= 15 is 0 Å². The number of fused-ring (bicyclic) bond motifs is 1. The molecule has 0 bridgehead atoms. The molecule has 0 radical (unpaired) electrons. The molecule has 1 aliphatic rings. The van der Waals surface area contributed by atoms with Crippen molar-refractivity contribution in [3.63, 3.8) is 0 Å². The van der Waals surface area contributed by atoms with Crippen molar-refractivity contribution in [1.29, 1.82) is 0 Å². The number of methoxy groups -OCH3 is 1. The molecule has 0 spiro atoms. The first-order valence-electron chi connectivity index (χ1n) is 9.87. The van der Waals surface area contributed by atoms with Gasteiger partial charge in [0, 0.05) is 31.6 Å². The maximum absolute atomic E-state index is 13.1. The van der Waals surface area contributed by atoms with Crippen molar-refractivity contribution in [2.75, 3.05) is 26.7 Å². The lowest BCUT2D eigenvalue weighted by atomic mass is 10.00. The predicted octanol–water partition coefficient (Wildman–Crippen LogP) is 3.95. The summed E-state index contributed by atoms with van der Waals surface area (Å²) in [6.45, 7) is 2.30. The van der Waals surface area contributed by atoms with Crippen LogP contribution in [-0.4, -0.2) is 37.6 Å². The zero-order chi connectivity index (χ0) is 19.3. The van der Waals surface area contributed by atoms with Gasteiger partial charge in [-0.15, -0.1) is 0 Å². The van der Waals surface area contributed by atoms with Gasteiger partial charge in [-0.3, -0.25) is 4.79 Å². The molecule has 1 saturated heterocycles. The van der Waals surface area contributed by atoms with Crippen LogP contribution in [0.1, 0.15) is 23.6 Å². The highest BCUT2D eigenvalue weighted by Crippen LogP contribution is 2.30. The molecule has 1 amide bonds. The molecule has 1 atom stereocenters. The molecule has 0 aliphatic carbocycles. The molecule has 1 fully saturated rings. The number of nitrogens with one attached hydrogen (secondary N) is 1. The number of hydrogen-bond acceptors (Lipinski definition) is 3. The number of amides is 1. The van der Waals surface area contributed by atoms with Crippen LogP contribution in [0.15, 0.2) is 66.7 Å². The van der Waals surface area contributed by atoms with Crippen molar-refractivity contribution in [3.8, 4) is 5.75 Å². The fourth-order valence-corrected chi connectivity index (χ4v) is 4.01. The quantitative estimate of drug-likeness (QED) is 0.735. The van der Waals surface area contributed by atoms with Crippen LogP contribution in [0.3, 0.4) is 0 Å². The molecule has 3 aromatic carbocycles.